The van der Waals surface area contributed by atoms with Gasteiger partial charge in [-0.25, -0.2) is 0 Å². The van der Waals surface area contributed by atoms with Gasteiger partial charge in [0, 0.05) is 11.6 Å². The molecule has 132 valence electrons. The minimum absolute atomic E-state index is 0.398. The number of hydrogen-bond acceptors (Lipinski definition) is 6. The number of hydrogen-bond donors (Lipinski definition) is 0. The van der Waals surface area contributed by atoms with E-state index in [-0.39, 0.29) is 0 Å². The number of aromatic nitrogens is 6. The molecule has 0 bridgehead atoms. The molecule has 0 aliphatic carbocycles. The van der Waals surface area contributed by atoms with Gasteiger partial charge < -0.3 is 9.47 Å². The van der Waals surface area contributed by atoms with Crippen molar-refractivity contribution in [2.45, 2.75) is 6.92 Å². The number of ether oxygens (including phenoxy) is 2. The molecule has 0 N–H and O–H groups in total. The van der Waals surface area contributed by atoms with Gasteiger partial charge in [0.05, 0.1) is 42.7 Å². The molecule has 0 aliphatic rings. The lowest BCUT2D eigenvalue weighted by Gasteiger charge is -2.13. The Labute approximate surface area is 154 Å². The Balaban J connectivity index is 2.04. The molecule has 0 fully saturated rings. The number of methoxy groups -OCH3 is 2. The Kier molecular flexibility index (Phi) is 3.96. The van der Waals surface area contributed by atoms with Gasteiger partial charge in [0.2, 0.25) is 17.7 Å². The molecule has 9 heteroatoms. The Morgan fingerprint density at radius 1 is 0.962 bits per heavy atom. The van der Waals surface area contributed by atoms with Gasteiger partial charge in [-0.1, -0.05) is 17.7 Å². The van der Waals surface area contributed by atoms with Crippen LogP contribution < -0.4 is 9.47 Å². The Hall–Kier alpha value is -3.13. The summed E-state index contributed by atoms with van der Waals surface area (Å²) in [5.41, 5.74) is 2.14. The van der Waals surface area contributed by atoms with Crippen LogP contribution in [0, 0.1) is 6.92 Å². The minimum atomic E-state index is 0.398. The predicted molar refractivity (Wildman–Crippen MR) is 96.6 cm³/mol. The number of rotatable bonds is 4. The summed E-state index contributed by atoms with van der Waals surface area (Å²) < 4.78 is 12.5. The standard InChI is InChI=1S/C17H15ClN6O2/c1-10-15(25-2)21-17(22-16(10)26-3)23-9-6-11-4-5-12(18)14(13(11)23)24-19-7-8-20-24/h4-9H,1-3H3. The van der Waals surface area contributed by atoms with E-state index in [1.165, 1.54) is 4.80 Å². The van der Waals surface area contributed by atoms with Crippen molar-refractivity contribution in [3.05, 3.63) is 47.4 Å². The maximum absolute atomic E-state index is 6.45. The number of nitrogens with zero attached hydrogens (tertiary/aromatic N) is 6. The van der Waals surface area contributed by atoms with Crippen molar-refractivity contribution < 1.29 is 9.47 Å². The summed E-state index contributed by atoms with van der Waals surface area (Å²) in [7, 11) is 3.12. The summed E-state index contributed by atoms with van der Waals surface area (Å²) in [5, 5.41) is 9.88. The van der Waals surface area contributed by atoms with Gasteiger partial charge >= 0.3 is 0 Å². The van der Waals surface area contributed by atoms with E-state index < -0.39 is 0 Å². The van der Waals surface area contributed by atoms with Crippen molar-refractivity contribution in [1.29, 1.82) is 0 Å². The highest BCUT2D eigenvalue weighted by Crippen LogP contribution is 2.32. The zero-order valence-corrected chi connectivity index (χ0v) is 15.1. The summed E-state index contributed by atoms with van der Waals surface area (Å²) in [4.78, 5) is 10.5. The molecule has 0 saturated carbocycles. The van der Waals surface area contributed by atoms with Gasteiger partial charge in [-0.05, 0) is 19.1 Å². The van der Waals surface area contributed by atoms with E-state index in [0.29, 0.717) is 28.4 Å². The van der Waals surface area contributed by atoms with Gasteiger partial charge in [-0.3, -0.25) is 4.57 Å². The van der Waals surface area contributed by atoms with Gasteiger partial charge in [-0.2, -0.15) is 20.2 Å². The first kappa shape index (κ1) is 16.3. The van der Waals surface area contributed by atoms with Crippen LogP contribution in [0.25, 0.3) is 22.5 Å². The lowest BCUT2D eigenvalue weighted by atomic mass is 10.2. The number of benzene rings is 1. The Bertz CT molecular complexity index is 1070. The number of fused-ring (bicyclic) bond motifs is 1. The summed E-state index contributed by atoms with van der Waals surface area (Å²) in [6.07, 6.45) is 5.05. The van der Waals surface area contributed by atoms with E-state index >= 15 is 0 Å². The molecule has 3 heterocycles. The van der Waals surface area contributed by atoms with Crippen LogP contribution in [0.15, 0.2) is 36.8 Å². The van der Waals surface area contributed by atoms with Crippen LogP contribution in [0.2, 0.25) is 5.02 Å². The second-order valence-corrected chi connectivity index (χ2v) is 5.91. The van der Waals surface area contributed by atoms with Crippen LogP contribution in [-0.4, -0.2) is 43.7 Å². The summed E-state index contributed by atoms with van der Waals surface area (Å²) in [6, 6.07) is 5.68. The predicted octanol–water partition coefficient (Wildman–Crippen LogP) is 2.98. The molecule has 0 radical (unpaired) electrons. The van der Waals surface area contributed by atoms with Crippen LogP contribution in [0.5, 0.6) is 11.8 Å². The van der Waals surface area contributed by atoms with Crippen molar-refractivity contribution >= 4 is 22.5 Å². The van der Waals surface area contributed by atoms with Crippen LogP contribution in [0.1, 0.15) is 5.56 Å². The van der Waals surface area contributed by atoms with Crippen LogP contribution >= 0.6 is 11.6 Å². The maximum atomic E-state index is 6.45. The fourth-order valence-corrected chi connectivity index (χ4v) is 3.07. The topological polar surface area (TPSA) is 79.9 Å². The summed E-state index contributed by atoms with van der Waals surface area (Å²) in [6.45, 7) is 1.84. The molecule has 0 unspecified atom stereocenters. The second kappa shape index (κ2) is 6.30. The van der Waals surface area contributed by atoms with E-state index in [1.54, 1.807) is 26.6 Å². The third kappa shape index (κ3) is 2.46. The largest absolute Gasteiger partial charge is 0.481 e. The van der Waals surface area contributed by atoms with Gasteiger partial charge in [0.1, 0.15) is 5.69 Å². The van der Waals surface area contributed by atoms with Gasteiger partial charge in [0.15, 0.2) is 0 Å². The van der Waals surface area contributed by atoms with E-state index in [9.17, 15) is 0 Å². The van der Waals surface area contributed by atoms with Crippen molar-refractivity contribution in [3.8, 4) is 23.4 Å². The molecule has 0 saturated heterocycles. The quantitative estimate of drug-likeness (QED) is 0.549. The third-order valence-corrected chi connectivity index (χ3v) is 4.35. The van der Waals surface area contributed by atoms with E-state index in [0.717, 1.165) is 16.5 Å². The van der Waals surface area contributed by atoms with E-state index in [4.69, 9.17) is 21.1 Å². The Morgan fingerprint density at radius 3 is 2.23 bits per heavy atom. The average Bonchev–Trinajstić information content (AvgIpc) is 3.32. The van der Waals surface area contributed by atoms with Gasteiger partial charge in [0.25, 0.3) is 0 Å². The molecule has 0 atom stereocenters. The normalized spacial score (nSPS) is 11.1. The highest BCUT2D eigenvalue weighted by molar-refractivity contribution is 6.33. The monoisotopic (exact) mass is 370 g/mol. The zero-order chi connectivity index (χ0) is 18.3. The second-order valence-electron chi connectivity index (χ2n) is 5.51. The van der Waals surface area contributed by atoms with Crippen molar-refractivity contribution in [2.24, 2.45) is 0 Å². The third-order valence-electron chi connectivity index (χ3n) is 4.04. The molecular weight excluding hydrogens is 356 g/mol. The summed E-state index contributed by atoms with van der Waals surface area (Å²) in [5.74, 6) is 1.28. The van der Waals surface area contributed by atoms with Crippen molar-refractivity contribution in [2.75, 3.05) is 14.2 Å². The average molecular weight is 371 g/mol. The molecule has 4 rings (SSSR count). The lowest BCUT2D eigenvalue weighted by molar-refractivity contribution is 0.365. The van der Waals surface area contributed by atoms with E-state index in [2.05, 4.69) is 20.2 Å². The van der Waals surface area contributed by atoms with Crippen molar-refractivity contribution in [3.63, 3.8) is 0 Å². The summed E-state index contributed by atoms with van der Waals surface area (Å²) >= 11 is 6.45. The molecule has 26 heavy (non-hydrogen) atoms. The molecule has 0 amide bonds. The molecule has 0 spiro atoms. The van der Waals surface area contributed by atoms with Gasteiger partial charge in [-0.15, -0.1) is 4.80 Å². The molecule has 3 aromatic heterocycles. The number of halogens is 1. The smallest absolute Gasteiger partial charge is 0.240 e. The molecule has 0 aliphatic heterocycles. The maximum Gasteiger partial charge on any atom is 0.240 e. The first-order valence-electron chi connectivity index (χ1n) is 7.77. The van der Waals surface area contributed by atoms with E-state index in [1.807, 2.05) is 35.9 Å². The first-order chi connectivity index (χ1) is 12.6. The zero-order valence-electron chi connectivity index (χ0n) is 14.3. The first-order valence-corrected chi connectivity index (χ1v) is 8.15. The fourth-order valence-electron chi connectivity index (χ4n) is 2.85. The van der Waals surface area contributed by atoms with Crippen molar-refractivity contribution in [1.82, 2.24) is 29.5 Å². The highest BCUT2D eigenvalue weighted by Gasteiger charge is 2.19. The molecule has 8 nitrogen and oxygen atoms in total. The minimum Gasteiger partial charge on any atom is -0.481 e. The fraction of sp³-hybridized carbons (Fsp3) is 0.176. The Morgan fingerprint density at radius 2 is 1.62 bits per heavy atom. The van der Waals surface area contributed by atoms with Crippen LogP contribution in [0.3, 0.4) is 0 Å². The lowest BCUT2D eigenvalue weighted by Crippen LogP contribution is -2.08. The van der Waals surface area contributed by atoms with Crippen LogP contribution in [-0.2, 0) is 0 Å². The SMILES string of the molecule is COc1nc(-n2ccc3ccc(Cl)c(-n4nccn4)c32)nc(OC)c1C. The molecule has 4 aromatic rings. The molecule has 1 aromatic carbocycles. The van der Waals surface area contributed by atoms with Crippen LogP contribution in [0.4, 0.5) is 0 Å². The highest BCUT2D eigenvalue weighted by atomic mass is 35.5. The molecular formula is C17H15ClN6O2.